The molecule has 0 radical (unpaired) electrons. The molecule has 3 heterocycles. The van der Waals surface area contributed by atoms with Gasteiger partial charge in [0.15, 0.2) is 5.65 Å². The fourth-order valence-electron chi connectivity index (χ4n) is 3.65. The molecule has 0 amide bonds. The normalized spacial score (nSPS) is 20.3. The first-order chi connectivity index (χ1) is 12.0. The van der Waals surface area contributed by atoms with Gasteiger partial charge in [0, 0.05) is 18.5 Å². The Morgan fingerprint density at radius 2 is 2.04 bits per heavy atom. The second-order valence-corrected chi connectivity index (χ2v) is 6.99. The first-order valence-corrected chi connectivity index (χ1v) is 8.37. The highest BCUT2D eigenvalue weighted by atomic mass is 16.4. The molecule has 4 rings (SSSR count). The summed E-state index contributed by atoms with van der Waals surface area (Å²) in [5.41, 5.74) is 4.02. The number of aromatic nitrogens is 3. The van der Waals surface area contributed by atoms with Crippen molar-refractivity contribution < 1.29 is 9.90 Å². The Kier molecular flexibility index (Phi) is 3.49. The molecule has 128 valence electrons. The second-order valence-electron chi connectivity index (χ2n) is 6.99. The van der Waals surface area contributed by atoms with Crippen molar-refractivity contribution in [1.29, 1.82) is 0 Å². The van der Waals surface area contributed by atoms with Crippen molar-refractivity contribution >= 4 is 17.3 Å². The van der Waals surface area contributed by atoms with E-state index in [9.17, 15) is 4.79 Å². The number of carboxylic acid groups (broad SMARTS) is 1. The quantitative estimate of drug-likeness (QED) is 0.796. The van der Waals surface area contributed by atoms with Crippen LogP contribution in [0.1, 0.15) is 35.1 Å². The number of anilines is 1. The predicted molar refractivity (Wildman–Crippen MR) is 95.3 cm³/mol. The molecule has 1 aromatic carbocycles. The molecule has 1 saturated heterocycles. The molecule has 0 saturated carbocycles. The van der Waals surface area contributed by atoms with Crippen molar-refractivity contribution in [2.24, 2.45) is 0 Å². The number of hydrogen-bond acceptors (Lipinski definition) is 4. The first-order valence-electron chi connectivity index (χ1n) is 8.37. The number of fused-ring (bicyclic) bond motifs is 1. The highest BCUT2D eigenvalue weighted by Crippen LogP contribution is 2.36. The van der Waals surface area contributed by atoms with E-state index in [0.29, 0.717) is 5.65 Å². The number of carbonyl (C=O) groups is 1. The summed E-state index contributed by atoms with van der Waals surface area (Å²) in [6, 6.07) is 12.7. The summed E-state index contributed by atoms with van der Waals surface area (Å²) >= 11 is 0. The molecule has 1 N–H and O–H groups in total. The summed E-state index contributed by atoms with van der Waals surface area (Å²) in [5.74, 6) is -1.28. The smallest absolute Gasteiger partial charge is 0.375 e. The van der Waals surface area contributed by atoms with Crippen LogP contribution in [0.5, 0.6) is 0 Å². The number of benzene rings is 1. The van der Waals surface area contributed by atoms with Gasteiger partial charge in [0.05, 0.1) is 11.9 Å². The topological polar surface area (TPSA) is 70.7 Å². The molecular weight excluding hydrogens is 316 g/mol. The summed E-state index contributed by atoms with van der Waals surface area (Å²) < 4.78 is 1.58. The number of aromatic carboxylic acids is 1. The van der Waals surface area contributed by atoms with Gasteiger partial charge >= 0.3 is 5.97 Å². The van der Waals surface area contributed by atoms with Crippen molar-refractivity contribution in [1.82, 2.24) is 14.6 Å². The zero-order chi connectivity index (χ0) is 17.6. The van der Waals surface area contributed by atoms with Gasteiger partial charge in [0.1, 0.15) is 0 Å². The molecule has 0 unspecified atom stereocenters. The van der Waals surface area contributed by atoms with Crippen molar-refractivity contribution in [2.75, 3.05) is 18.0 Å². The largest absolute Gasteiger partial charge is 0.475 e. The van der Waals surface area contributed by atoms with Crippen LogP contribution >= 0.6 is 0 Å². The van der Waals surface area contributed by atoms with E-state index >= 15 is 0 Å². The third-order valence-electron chi connectivity index (χ3n) is 5.10. The van der Waals surface area contributed by atoms with E-state index in [1.165, 1.54) is 5.56 Å². The Bertz CT molecular complexity index is 951. The standard InChI is InChI=1S/C19H20N4O2/c1-13-10-15(11-23-17(13)20-16(21-23)18(24)25)22-9-8-19(2,12-22)14-6-4-3-5-7-14/h3-7,10-11H,8-9,12H2,1-2H3,(H,24,25)/t19-/m0/s1. The average Bonchev–Trinajstić information content (AvgIpc) is 3.21. The van der Waals surface area contributed by atoms with Gasteiger partial charge in [-0.2, -0.15) is 0 Å². The highest BCUT2D eigenvalue weighted by Gasteiger charge is 2.35. The van der Waals surface area contributed by atoms with Crippen LogP contribution in [0.2, 0.25) is 0 Å². The van der Waals surface area contributed by atoms with Crippen LogP contribution in [-0.2, 0) is 5.41 Å². The second kappa shape index (κ2) is 5.58. The van der Waals surface area contributed by atoms with Crippen LogP contribution in [0.15, 0.2) is 42.6 Å². The van der Waals surface area contributed by atoms with E-state index in [4.69, 9.17) is 5.11 Å². The lowest BCUT2D eigenvalue weighted by atomic mass is 9.82. The first kappa shape index (κ1) is 15.6. The van der Waals surface area contributed by atoms with Crippen molar-refractivity contribution in [3.63, 3.8) is 0 Å². The molecule has 2 aromatic heterocycles. The number of nitrogens with zero attached hydrogens (tertiary/aromatic N) is 4. The van der Waals surface area contributed by atoms with Gasteiger partial charge in [-0.1, -0.05) is 37.3 Å². The number of pyridine rings is 1. The number of hydrogen-bond donors (Lipinski definition) is 1. The van der Waals surface area contributed by atoms with E-state index in [1.54, 1.807) is 4.52 Å². The van der Waals surface area contributed by atoms with E-state index in [0.717, 1.165) is 30.8 Å². The SMILES string of the molecule is Cc1cc(N2CC[C@](C)(c3ccccc3)C2)cn2nc(C(=O)O)nc12. The van der Waals surface area contributed by atoms with E-state index < -0.39 is 5.97 Å². The van der Waals surface area contributed by atoms with Crippen LogP contribution in [0.25, 0.3) is 5.65 Å². The fourth-order valence-corrected chi connectivity index (χ4v) is 3.65. The Labute approximate surface area is 145 Å². The van der Waals surface area contributed by atoms with Gasteiger partial charge in [-0.3, -0.25) is 0 Å². The average molecular weight is 336 g/mol. The van der Waals surface area contributed by atoms with Gasteiger partial charge in [-0.25, -0.2) is 14.3 Å². The molecule has 1 fully saturated rings. The molecule has 0 spiro atoms. The number of rotatable bonds is 3. The molecule has 1 atom stereocenters. The van der Waals surface area contributed by atoms with Crippen molar-refractivity contribution in [3.8, 4) is 0 Å². The molecule has 0 aliphatic carbocycles. The van der Waals surface area contributed by atoms with Crippen LogP contribution in [0.3, 0.4) is 0 Å². The Morgan fingerprint density at radius 1 is 1.28 bits per heavy atom. The molecule has 3 aromatic rings. The molecule has 6 nitrogen and oxygen atoms in total. The minimum absolute atomic E-state index is 0.110. The maximum Gasteiger partial charge on any atom is 0.375 e. The minimum atomic E-state index is -1.11. The molecule has 1 aliphatic rings. The van der Waals surface area contributed by atoms with Gasteiger partial charge in [-0.05, 0) is 30.5 Å². The third kappa shape index (κ3) is 2.63. The minimum Gasteiger partial charge on any atom is -0.475 e. The summed E-state index contributed by atoms with van der Waals surface area (Å²) in [4.78, 5) is 17.5. The summed E-state index contributed by atoms with van der Waals surface area (Å²) in [6.07, 6.45) is 2.95. The van der Waals surface area contributed by atoms with E-state index in [2.05, 4.69) is 52.2 Å². The maximum atomic E-state index is 11.1. The molecular formula is C19H20N4O2. The summed E-state index contributed by atoms with van der Waals surface area (Å²) in [5, 5.41) is 13.2. The molecule has 1 aliphatic heterocycles. The lowest BCUT2D eigenvalue weighted by Gasteiger charge is -2.26. The van der Waals surface area contributed by atoms with Gasteiger partial charge in [0.25, 0.3) is 5.82 Å². The Balaban J connectivity index is 1.68. The van der Waals surface area contributed by atoms with Crippen molar-refractivity contribution in [2.45, 2.75) is 25.7 Å². The third-order valence-corrected chi connectivity index (χ3v) is 5.10. The summed E-state index contributed by atoms with van der Waals surface area (Å²) in [6.45, 7) is 6.11. The monoisotopic (exact) mass is 336 g/mol. The number of aryl methyl sites for hydroxylation is 1. The fraction of sp³-hybridized carbons (Fsp3) is 0.316. The highest BCUT2D eigenvalue weighted by molar-refractivity contribution is 5.84. The Hall–Kier alpha value is -2.89. The zero-order valence-electron chi connectivity index (χ0n) is 14.3. The molecule has 25 heavy (non-hydrogen) atoms. The lowest BCUT2D eigenvalue weighted by molar-refractivity contribution is 0.0684. The van der Waals surface area contributed by atoms with Gasteiger partial charge in [-0.15, -0.1) is 5.10 Å². The van der Waals surface area contributed by atoms with Crippen LogP contribution in [0, 0.1) is 6.92 Å². The lowest BCUT2D eigenvalue weighted by Crippen LogP contribution is -2.28. The number of carboxylic acids is 1. The van der Waals surface area contributed by atoms with Crippen LogP contribution in [-0.4, -0.2) is 38.8 Å². The van der Waals surface area contributed by atoms with E-state index in [1.807, 2.05) is 19.2 Å². The zero-order valence-corrected chi connectivity index (χ0v) is 14.3. The van der Waals surface area contributed by atoms with Crippen molar-refractivity contribution in [3.05, 3.63) is 59.5 Å². The van der Waals surface area contributed by atoms with Gasteiger partial charge < -0.3 is 10.0 Å². The van der Waals surface area contributed by atoms with Gasteiger partial charge in [0.2, 0.25) is 0 Å². The maximum absolute atomic E-state index is 11.1. The predicted octanol–water partition coefficient (Wildman–Crippen LogP) is 2.90. The Morgan fingerprint density at radius 3 is 2.76 bits per heavy atom. The molecule has 6 heteroatoms. The molecule has 0 bridgehead atoms. The van der Waals surface area contributed by atoms with Crippen LogP contribution in [0.4, 0.5) is 5.69 Å². The van der Waals surface area contributed by atoms with E-state index in [-0.39, 0.29) is 11.2 Å². The summed E-state index contributed by atoms with van der Waals surface area (Å²) in [7, 11) is 0. The van der Waals surface area contributed by atoms with Crippen LogP contribution < -0.4 is 4.90 Å².